The Labute approximate surface area is 87.3 Å². The van der Waals surface area contributed by atoms with Crippen molar-refractivity contribution in [1.82, 2.24) is 4.98 Å². The molecule has 0 aliphatic carbocycles. The Morgan fingerprint density at radius 1 is 1.42 bits per heavy atom. The summed E-state index contributed by atoms with van der Waals surface area (Å²) >= 11 is 8.65. The summed E-state index contributed by atoms with van der Waals surface area (Å²) in [6.45, 7) is 0. The van der Waals surface area contributed by atoms with Crippen LogP contribution in [0.15, 0.2) is 21.8 Å². The summed E-state index contributed by atoms with van der Waals surface area (Å²) in [5, 5.41) is 0.0417. The summed E-state index contributed by atoms with van der Waals surface area (Å²) in [5.41, 5.74) is 0. The topological polar surface area (TPSA) is 47.0 Å². The summed E-state index contributed by atoms with van der Waals surface area (Å²) in [6.07, 6.45) is 2.48. The van der Waals surface area contributed by atoms with E-state index in [0.29, 0.717) is 4.47 Å². The number of pyridine rings is 1. The highest BCUT2D eigenvalue weighted by atomic mass is 79.9. The fourth-order valence-electron chi connectivity index (χ4n) is 0.571. The lowest BCUT2D eigenvalue weighted by Crippen LogP contribution is -1.93. The van der Waals surface area contributed by atoms with Gasteiger partial charge in [-0.25, -0.2) is 8.42 Å². The van der Waals surface area contributed by atoms with Gasteiger partial charge in [0.25, 0.3) is 9.05 Å². The van der Waals surface area contributed by atoms with Crippen molar-refractivity contribution >= 4 is 47.3 Å². The van der Waals surface area contributed by atoms with Gasteiger partial charge in [0.2, 0.25) is 0 Å². The molecule has 7 heteroatoms. The van der Waals surface area contributed by atoms with Crippen molar-refractivity contribution in [2.75, 3.05) is 0 Å². The van der Waals surface area contributed by atoms with E-state index in [4.69, 9.17) is 22.3 Å². The van der Waals surface area contributed by atoms with Crippen LogP contribution in [0.5, 0.6) is 0 Å². The Kier molecular flexibility index (Phi) is 2.98. The van der Waals surface area contributed by atoms with E-state index < -0.39 is 9.05 Å². The van der Waals surface area contributed by atoms with Gasteiger partial charge >= 0.3 is 0 Å². The molecule has 0 radical (unpaired) electrons. The van der Waals surface area contributed by atoms with Gasteiger partial charge in [-0.1, -0.05) is 11.6 Å². The maximum atomic E-state index is 10.8. The molecule has 3 nitrogen and oxygen atoms in total. The van der Waals surface area contributed by atoms with Crippen LogP contribution in [-0.4, -0.2) is 13.4 Å². The quantitative estimate of drug-likeness (QED) is 0.746. The first-order valence-corrected chi connectivity index (χ1v) is 6.14. The predicted molar refractivity (Wildman–Crippen MR) is 50.0 cm³/mol. The molecule has 0 aliphatic heterocycles. The molecule has 0 saturated carbocycles. The van der Waals surface area contributed by atoms with Crippen LogP contribution in [0.3, 0.4) is 0 Å². The first kappa shape index (κ1) is 10.2. The van der Waals surface area contributed by atoms with E-state index >= 15 is 0 Å². The van der Waals surface area contributed by atoms with Gasteiger partial charge in [0.1, 0.15) is 4.90 Å². The van der Waals surface area contributed by atoms with Crippen LogP contribution in [-0.2, 0) is 9.05 Å². The van der Waals surface area contributed by atoms with E-state index in [2.05, 4.69) is 20.9 Å². The predicted octanol–water partition coefficient (Wildman–Crippen LogP) is 2.43. The Balaban J connectivity index is 3.47. The molecule has 0 aliphatic rings. The zero-order valence-corrected chi connectivity index (χ0v) is 9.37. The first-order valence-electron chi connectivity index (χ1n) is 2.66. The lowest BCUT2D eigenvalue weighted by Gasteiger charge is -1.99. The standard InChI is InChI=1S/C5H2BrCl2NO2S/c6-3-1-9-2-4(5(3)7)12(8,10)11/h1-2H. The molecule has 0 aromatic carbocycles. The Bertz CT molecular complexity index is 406. The summed E-state index contributed by atoms with van der Waals surface area (Å²) in [7, 11) is 1.25. The molecule has 0 spiro atoms. The molecule has 0 N–H and O–H groups in total. The number of rotatable bonds is 1. The third kappa shape index (κ3) is 2.10. The highest BCUT2D eigenvalue weighted by Gasteiger charge is 2.16. The van der Waals surface area contributed by atoms with Crippen LogP contribution in [0.4, 0.5) is 0 Å². The average molecular weight is 291 g/mol. The molecule has 0 amide bonds. The molecule has 12 heavy (non-hydrogen) atoms. The van der Waals surface area contributed by atoms with Crippen LogP contribution in [0, 0.1) is 0 Å². The molecule has 1 rings (SSSR count). The monoisotopic (exact) mass is 289 g/mol. The lowest BCUT2D eigenvalue weighted by molar-refractivity contribution is 0.609. The van der Waals surface area contributed by atoms with Crippen LogP contribution in [0.25, 0.3) is 0 Å². The fraction of sp³-hybridized carbons (Fsp3) is 0. The second kappa shape index (κ2) is 3.49. The van der Waals surface area contributed by atoms with E-state index in [0.717, 1.165) is 6.20 Å². The average Bonchev–Trinajstić information content (AvgIpc) is 1.92. The van der Waals surface area contributed by atoms with E-state index in [-0.39, 0.29) is 9.92 Å². The lowest BCUT2D eigenvalue weighted by atomic mass is 10.5. The van der Waals surface area contributed by atoms with Crippen molar-refractivity contribution in [1.29, 1.82) is 0 Å². The van der Waals surface area contributed by atoms with Crippen LogP contribution in [0.2, 0.25) is 5.02 Å². The fourth-order valence-corrected chi connectivity index (χ4v) is 2.42. The Hall–Kier alpha value is 0.160. The summed E-state index contributed by atoms with van der Waals surface area (Å²) in [5.74, 6) is 0. The zero-order valence-electron chi connectivity index (χ0n) is 5.46. The molecule has 66 valence electrons. The molecule has 0 bridgehead atoms. The van der Waals surface area contributed by atoms with Gasteiger partial charge in [0.15, 0.2) is 0 Å². The van der Waals surface area contributed by atoms with Crippen molar-refractivity contribution in [2.45, 2.75) is 4.90 Å². The van der Waals surface area contributed by atoms with Crippen molar-refractivity contribution in [3.8, 4) is 0 Å². The maximum absolute atomic E-state index is 10.8. The minimum Gasteiger partial charge on any atom is -0.262 e. The van der Waals surface area contributed by atoms with Gasteiger partial charge in [0, 0.05) is 23.1 Å². The second-order valence-corrected chi connectivity index (χ2v) is 5.64. The molecule has 1 heterocycles. The Morgan fingerprint density at radius 2 is 2.00 bits per heavy atom. The summed E-state index contributed by atoms with van der Waals surface area (Å²) < 4.78 is 22.0. The minimum atomic E-state index is -3.81. The molecule has 1 aromatic heterocycles. The van der Waals surface area contributed by atoms with Crippen molar-refractivity contribution in [2.24, 2.45) is 0 Å². The largest absolute Gasteiger partial charge is 0.264 e. The van der Waals surface area contributed by atoms with Crippen molar-refractivity contribution in [3.05, 3.63) is 21.9 Å². The molecular weight excluding hydrogens is 289 g/mol. The highest BCUT2D eigenvalue weighted by molar-refractivity contribution is 9.10. The smallest absolute Gasteiger partial charge is 0.262 e. The van der Waals surface area contributed by atoms with Gasteiger partial charge in [-0.3, -0.25) is 4.98 Å². The van der Waals surface area contributed by atoms with Crippen LogP contribution < -0.4 is 0 Å². The third-order valence-electron chi connectivity index (χ3n) is 1.07. The molecule has 0 unspecified atom stereocenters. The van der Waals surface area contributed by atoms with Crippen LogP contribution >= 0.6 is 38.2 Å². The van der Waals surface area contributed by atoms with Gasteiger partial charge in [0.05, 0.1) is 9.50 Å². The summed E-state index contributed by atoms with van der Waals surface area (Å²) in [4.78, 5) is 3.42. The molecular formula is C5H2BrCl2NO2S. The number of hydrogen-bond donors (Lipinski definition) is 0. The maximum Gasteiger partial charge on any atom is 0.264 e. The molecule has 1 aromatic rings. The van der Waals surface area contributed by atoms with Gasteiger partial charge in [-0.15, -0.1) is 0 Å². The number of hydrogen-bond acceptors (Lipinski definition) is 3. The second-order valence-electron chi connectivity index (χ2n) is 1.87. The van der Waals surface area contributed by atoms with Gasteiger partial charge < -0.3 is 0 Å². The highest BCUT2D eigenvalue weighted by Crippen LogP contribution is 2.29. The third-order valence-corrected chi connectivity index (χ3v) is 3.75. The zero-order chi connectivity index (χ0) is 9.35. The van der Waals surface area contributed by atoms with E-state index in [1.54, 1.807) is 0 Å². The van der Waals surface area contributed by atoms with Crippen LogP contribution in [0.1, 0.15) is 0 Å². The SMILES string of the molecule is O=S(=O)(Cl)c1cncc(Br)c1Cl. The Morgan fingerprint density at radius 3 is 2.42 bits per heavy atom. The van der Waals surface area contributed by atoms with E-state index in [9.17, 15) is 8.42 Å². The molecule has 0 saturated heterocycles. The number of halogens is 3. The van der Waals surface area contributed by atoms with E-state index in [1.165, 1.54) is 6.20 Å². The minimum absolute atomic E-state index is 0.0417. The van der Waals surface area contributed by atoms with Crippen molar-refractivity contribution < 1.29 is 8.42 Å². The summed E-state index contributed by atoms with van der Waals surface area (Å²) in [6, 6.07) is 0. The van der Waals surface area contributed by atoms with Gasteiger partial charge in [-0.05, 0) is 15.9 Å². The first-order chi connectivity index (χ1) is 5.43. The number of nitrogens with zero attached hydrogens (tertiary/aromatic N) is 1. The van der Waals surface area contributed by atoms with E-state index in [1.807, 2.05) is 0 Å². The molecule has 0 fully saturated rings. The van der Waals surface area contributed by atoms with Gasteiger partial charge in [-0.2, -0.15) is 0 Å². The number of aromatic nitrogens is 1. The normalized spacial score (nSPS) is 11.6. The van der Waals surface area contributed by atoms with Crippen molar-refractivity contribution in [3.63, 3.8) is 0 Å². The molecule has 0 atom stereocenters.